The first-order chi connectivity index (χ1) is 9.72. The quantitative estimate of drug-likeness (QED) is 0.784. The molecule has 0 saturated heterocycles. The van der Waals surface area contributed by atoms with Crippen molar-refractivity contribution in [3.63, 3.8) is 0 Å². The largest absolute Gasteiger partial charge is 0.316 e. The van der Waals surface area contributed by atoms with Gasteiger partial charge in [-0.05, 0) is 30.3 Å². The van der Waals surface area contributed by atoms with Gasteiger partial charge in [0, 0.05) is 17.1 Å². The maximum Gasteiger partial charge on any atom is 0.188 e. The second kappa shape index (κ2) is 5.34. The summed E-state index contributed by atoms with van der Waals surface area (Å²) in [5.74, 6) is -0.345. The predicted octanol–water partition coefficient (Wildman–Crippen LogP) is 4.23. The average molecular weight is 289 g/mol. The number of pyridine rings is 1. The Kier molecular flexibility index (Phi) is 3.39. The zero-order valence-corrected chi connectivity index (χ0v) is 11.0. The van der Waals surface area contributed by atoms with Crippen LogP contribution < -0.4 is 5.32 Å². The maximum absolute atomic E-state index is 13.7. The Labute approximate surface area is 118 Å². The van der Waals surface area contributed by atoms with Crippen molar-refractivity contribution in [3.8, 4) is 11.3 Å². The average Bonchev–Trinajstić information content (AvgIpc) is 2.91. The number of halogens is 2. The van der Waals surface area contributed by atoms with E-state index in [1.807, 2.05) is 6.07 Å². The van der Waals surface area contributed by atoms with E-state index in [0.717, 1.165) is 18.2 Å². The summed E-state index contributed by atoms with van der Waals surface area (Å²) in [5, 5.41) is 5.25. The molecule has 0 atom stereocenters. The van der Waals surface area contributed by atoms with E-state index in [9.17, 15) is 8.78 Å². The lowest BCUT2D eigenvalue weighted by Crippen LogP contribution is -1.92. The molecule has 0 amide bonds. The summed E-state index contributed by atoms with van der Waals surface area (Å²) in [6, 6.07) is 8.75. The number of anilines is 2. The van der Waals surface area contributed by atoms with Crippen molar-refractivity contribution in [2.45, 2.75) is 0 Å². The number of rotatable bonds is 3. The van der Waals surface area contributed by atoms with Gasteiger partial charge < -0.3 is 5.32 Å². The molecule has 0 bridgehead atoms. The fourth-order valence-corrected chi connectivity index (χ4v) is 2.41. The third-order valence-electron chi connectivity index (χ3n) is 2.61. The third kappa shape index (κ3) is 2.65. The minimum atomic E-state index is -0.499. The van der Waals surface area contributed by atoms with Crippen molar-refractivity contribution in [2.24, 2.45) is 0 Å². The normalized spacial score (nSPS) is 10.5. The van der Waals surface area contributed by atoms with Crippen molar-refractivity contribution in [3.05, 3.63) is 59.6 Å². The van der Waals surface area contributed by atoms with Crippen LogP contribution in [0.15, 0.2) is 48.0 Å². The summed E-state index contributed by atoms with van der Waals surface area (Å²) in [5.41, 5.74) is 0.542. The maximum atomic E-state index is 13.7. The second-order valence-corrected chi connectivity index (χ2v) is 4.86. The van der Waals surface area contributed by atoms with Crippen molar-refractivity contribution < 1.29 is 8.78 Å². The Bertz CT molecular complexity index is 728. The van der Waals surface area contributed by atoms with Crippen molar-refractivity contribution in [1.82, 2.24) is 9.97 Å². The van der Waals surface area contributed by atoms with Crippen LogP contribution in [0.25, 0.3) is 11.3 Å². The number of thiazole rings is 1. The molecule has 0 spiro atoms. The monoisotopic (exact) mass is 289 g/mol. The Hall–Kier alpha value is -2.34. The number of benzene rings is 1. The van der Waals surface area contributed by atoms with E-state index < -0.39 is 11.6 Å². The molecular weight excluding hydrogens is 280 g/mol. The third-order valence-corrected chi connectivity index (χ3v) is 3.37. The molecule has 0 saturated carbocycles. The highest BCUT2D eigenvalue weighted by molar-refractivity contribution is 7.14. The minimum absolute atomic E-state index is 0.148. The number of hydrogen-bond donors (Lipinski definition) is 1. The first kappa shape index (κ1) is 12.7. The summed E-state index contributed by atoms with van der Waals surface area (Å²) in [7, 11) is 0. The number of aromatic nitrogens is 2. The van der Waals surface area contributed by atoms with Gasteiger partial charge in [-0.2, -0.15) is 0 Å². The van der Waals surface area contributed by atoms with Gasteiger partial charge in [-0.25, -0.2) is 18.7 Å². The standard InChI is InChI=1S/C14H9F2N3S/c15-9-4-5-11(16)10(7-9)12-8-20-14(18-12)19-13-3-1-2-6-17-13/h1-8H,(H,17,18,19). The predicted molar refractivity (Wildman–Crippen MR) is 75.0 cm³/mol. The van der Waals surface area contributed by atoms with Gasteiger partial charge in [0.15, 0.2) is 5.13 Å². The van der Waals surface area contributed by atoms with Crippen LogP contribution in [0.3, 0.4) is 0 Å². The molecule has 2 heterocycles. The molecule has 0 fully saturated rings. The van der Waals surface area contributed by atoms with Crippen molar-refractivity contribution in [2.75, 3.05) is 5.32 Å². The van der Waals surface area contributed by atoms with E-state index in [-0.39, 0.29) is 5.56 Å². The Morgan fingerprint density at radius 2 is 2.00 bits per heavy atom. The van der Waals surface area contributed by atoms with Gasteiger partial charge in [-0.15, -0.1) is 11.3 Å². The Morgan fingerprint density at radius 3 is 2.80 bits per heavy atom. The van der Waals surface area contributed by atoms with Crippen molar-refractivity contribution >= 4 is 22.3 Å². The second-order valence-electron chi connectivity index (χ2n) is 4.00. The highest BCUT2D eigenvalue weighted by Gasteiger charge is 2.10. The lowest BCUT2D eigenvalue weighted by molar-refractivity contribution is 0.603. The van der Waals surface area contributed by atoms with Crippen LogP contribution in [0.4, 0.5) is 19.7 Å². The highest BCUT2D eigenvalue weighted by atomic mass is 32.1. The van der Waals surface area contributed by atoms with Gasteiger partial charge in [0.05, 0.1) is 5.69 Å². The van der Waals surface area contributed by atoms with Gasteiger partial charge in [0.2, 0.25) is 0 Å². The molecule has 2 aromatic heterocycles. The lowest BCUT2D eigenvalue weighted by Gasteiger charge is -2.01. The lowest BCUT2D eigenvalue weighted by atomic mass is 10.1. The number of nitrogens with one attached hydrogen (secondary N) is 1. The Balaban J connectivity index is 1.88. The summed E-state index contributed by atoms with van der Waals surface area (Å²) in [6.07, 6.45) is 1.66. The fourth-order valence-electron chi connectivity index (χ4n) is 1.69. The molecule has 1 N–H and O–H groups in total. The van der Waals surface area contributed by atoms with E-state index in [0.29, 0.717) is 16.6 Å². The van der Waals surface area contributed by atoms with Gasteiger partial charge in [-0.3, -0.25) is 0 Å². The molecule has 20 heavy (non-hydrogen) atoms. The zero-order chi connectivity index (χ0) is 13.9. The Morgan fingerprint density at radius 1 is 1.10 bits per heavy atom. The molecule has 0 aliphatic rings. The first-order valence-corrected chi connectivity index (χ1v) is 6.69. The summed E-state index contributed by atoms with van der Waals surface area (Å²) < 4.78 is 26.8. The molecule has 0 aliphatic heterocycles. The number of nitrogens with zero attached hydrogens (tertiary/aromatic N) is 2. The van der Waals surface area contributed by atoms with E-state index in [2.05, 4.69) is 15.3 Å². The molecule has 3 aromatic rings. The van der Waals surface area contributed by atoms with Crippen LogP contribution in [-0.2, 0) is 0 Å². The molecule has 100 valence electrons. The van der Waals surface area contributed by atoms with Crippen LogP contribution in [0.5, 0.6) is 0 Å². The molecule has 1 aromatic carbocycles. The molecule has 3 nitrogen and oxygen atoms in total. The van der Waals surface area contributed by atoms with Gasteiger partial charge in [0.25, 0.3) is 0 Å². The minimum Gasteiger partial charge on any atom is -0.316 e. The first-order valence-electron chi connectivity index (χ1n) is 5.81. The fraction of sp³-hybridized carbons (Fsp3) is 0. The van der Waals surface area contributed by atoms with Crippen molar-refractivity contribution in [1.29, 1.82) is 0 Å². The van der Waals surface area contributed by atoms with Gasteiger partial charge in [-0.1, -0.05) is 6.07 Å². The molecule has 3 rings (SSSR count). The zero-order valence-electron chi connectivity index (χ0n) is 10.2. The van der Waals surface area contributed by atoms with E-state index in [1.165, 1.54) is 11.3 Å². The molecular formula is C14H9F2N3S. The molecule has 6 heteroatoms. The van der Waals surface area contributed by atoms with Crippen LogP contribution in [0.2, 0.25) is 0 Å². The topological polar surface area (TPSA) is 37.8 Å². The summed E-state index contributed by atoms with van der Waals surface area (Å²) in [6.45, 7) is 0. The smallest absolute Gasteiger partial charge is 0.188 e. The SMILES string of the molecule is Fc1ccc(F)c(-c2csc(Nc3ccccn3)n2)c1. The molecule has 0 radical (unpaired) electrons. The van der Waals surface area contributed by atoms with E-state index in [1.54, 1.807) is 23.7 Å². The van der Waals surface area contributed by atoms with Gasteiger partial charge >= 0.3 is 0 Å². The van der Waals surface area contributed by atoms with Crippen LogP contribution in [-0.4, -0.2) is 9.97 Å². The molecule has 0 aliphatic carbocycles. The van der Waals surface area contributed by atoms with Gasteiger partial charge in [0.1, 0.15) is 17.5 Å². The van der Waals surface area contributed by atoms with E-state index >= 15 is 0 Å². The highest BCUT2D eigenvalue weighted by Crippen LogP contribution is 2.28. The van der Waals surface area contributed by atoms with Crippen LogP contribution >= 0.6 is 11.3 Å². The summed E-state index contributed by atoms with van der Waals surface area (Å²) >= 11 is 1.30. The number of hydrogen-bond acceptors (Lipinski definition) is 4. The summed E-state index contributed by atoms with van der Waals surface area (Å²) in [4.78, 5) is 8.35. The van der Waals surface area contributed by atoms with Crippen LogP contribution in [0, 0.1) is 11.6 Å². The van der Waals surface area contributed by atoms with Crippen LogP contribution in [0.1, 0.15) is 0 Å². The van der Waals surface area contributed by atoms with E-state index in [4.69, 9.17) is 0 Å². The molecule has 0 unspecified atom stereocenters.